The van der Waals surface area contributed by atoms with Gasteiger partial charge in [0.25, 0.3) is 5.91 Å². The van der Waals surface area contributed by atoms with Crippen LogP contribution in [-0.4, -0.2) is 46.3 Å². The van der Waals surface area contributed by atoms with E-state index in [0.29, 0.717) is 5.56 Å². The molecule has 1 aromatic carbocycles. The van der Waals surface area contributed by atoms with E-state index < -0.39 is 12.2 Å². The van der Waals surface area contributed by atoms with Gasteiger partial charge in [-0.1, -0.05) is 22.0 Å². The van der Waals surface area contributed by atoms with Crippen molar-refractivity contribution in [3.63, 3.8) is 0 Å². The van der Waals surface area contributed by atoms with Crippen molar-refractivity contribution in [2.45, 2.75) is 12.2 Å². The van der Waals surface area contributed by atoms with E-state index in [1.807, 2.05) is 6.07 Å². The molecule has 4 nitrogen and oxygen atoms in total. The first kappa shape index (κ1) is 11.6. The molecule has 1 amide bonds. The molecule has 1 heterocycles. The smallest absolute Gasteiger partial charge is 0.254 e. The van der Waals surface area contributed by atoms with Gasteiger partial charge in [0.05, 0.1) is 12.2 Å². The summed E-state index contributed by atoms with van der Waals surface area (Å²) in [6.07, 6.45) is -1.67. The van der Waals surface area contributed by atoms with Crippen LogP contribution in [0.5, 0.6) is 0 Å². The highest BCUT2D eigenvalue weighted by Gasteiger charge is 2.32. The van der Waals surface area contributed by atoms with Crippen molar-refractivity contribution in [1.82, 2.24) is 4.90 Å². The lowest BCUT2D eigenvalue weighted by Gasteiger charge is -2.15. The van der Waals surface area contributed by atoms with Gasteiger partial charge in [-0.15, -0.1) is 0 Å². The molecule has 0 aliphatic carbocycles. The Bertz CT molecular complexity index is 400. The van der Waals surface area contributed by atoms with Crippen LogP contribution in [0.2, 0.25) is 0 Å². The van der Waals surface area contributed by atoms with Crippen molar-refractivity contribution in [3.8, 4) is 0 Å². The number of hydrogen-bond donors (Lipinski definition) is 2. The summed E-state index contributed by atoms with van der Waals surface area (Å²) in [5.74, 6) is -0.170. The molecular weight excluding hydrogens is 274 g/mol. The topological polar surface area (TPSA) is 60.8 Å². The van der Waals surface area contributed by atoms with Gasteiger partial charge in [0.2, 0.25) is 0 Å². The second-order valence-corrected chi connectivity index (χ2v) is 4.77. The third-order valence-corrected chi connectivity index (χ3v) is 3.11. The van der Waals surface area contributed by atoms with Crippen LogP contribution >= 0.6 is 15.9 Å². The highest BCUT2D eigenvalue weighted by atomic mass is 79.9. The van der Waals surface area contributed by atoms with Crippen LogP contribution in [-0.2, 0) is 0 Å². The van der Waals surface area contributed by atoms with Crippen molar-refractivity contribution in [2.75, 3.05) is 13.1 Å². The zero-order chi connectivity index (χ0) is 11.7. The molecular formula is C11H12BrNO3. The van der Waals surface area contributed by atoms with Gasteiger partial charge in [0, 0.05) is 23.1 Å². The standard InChI is InChI=1S/C11H12BrNO3/c12-8-3-1-2-7(4-8)11(16)13-5-9(14)10(15)6-13/h1-4,9-10,14-15H,5-6H2. The molecule has 1 saturated heterocycles. The van der Waals surface area contributed by atoms with E-state index >= 15 is 0 Å². The van der Waals surface area contributed by atoms with Crippen molar-refractivity contribution in [1.29, 1.82) is 0 Å². The molecule has 2 N–H and O–H groups in total. The van der Waals surface area contributed by atoms with Gasteiger partial charge >= 0.3 is 0 Å². The van der Waals surface area contributed by atoms with Crippen LogP contribution in [0.15, 0.2) is 28.7 Å². The molecule has 1 aliphatic rings. The number of halogens is 1. The van der Waals surface area contributed by atoms with E-state index in [9.17, 15) is 15.0 Å². The number of carbonyl (C=O) groups excluding carboxylic acids is 1. The second kappa shape index (κ2) is 4.53. The molecule has 5 heteroatoms. The number of amides is 1. The molecule has 0 aromatic heterocycles. The Balaban J connectivity index is 2.14. The van der Waals surface area contributed by atoms with Gasteiger partial charge in [-0.25, -0.2) is 0 Å². The largest absolute Gasteiger partial charge is 0.388 e. The molecule has 1 fully saturated rings. The Labute approximate surface area is 102 Å². The predicted molar refractivity (Wildman–Crippen MR) is 62.1 cm³/mol. The first-order valence-corrected chi connectivity index (χ1v) is 5.78. The molecule has 86 valence electrons. The molecule has 2 rings (SSSR count). The van der Waals surface area contributed by atoms with Crippen LogP contribution in [0.1, 0.15) is 10.4 Å². The summed E-state index contributed by atoms with van der Waals surface area (Å²) in [6.45, 7) is 0.374. The van der Waals surface area contributed by atoms with Gasteiger partial charge < -0.3 is 15.1 Å². The summed E-state index contributed by atoms with van der Waals surface area (Å²) < 4.78 is 0.832. The third kappa shape index (κ3) is 2.26. The Kier molecular flexibility index (Phi) is 3.28. The van der Waals surface area contributed by atoms with Gasteiger partial charge in [0.1, 0.15) is 0 Å². The van der Waals surface area contributed by atoms with Gasteiger partial charge in [0.15, 0.2) is 0 Å². The Morgan fingerprint density at radius 1 is 1.31 bits per heavy atom. The predicted octanol–water partition coefficient (Wildman–Crippen LogP) is 0.627. The fourth-order valence-electron chi connectivity index (χ4n) is 1.74. The molecule has 0 saturated carbocycles. The number of benzene rings is 1. The highest BCUT2D eigenvalue weighted by Crippen LogP contribution is 2.17. The monoisotopic (exact) mass is 285 g/mol. The average molecular weight is 286 g/mol. The number of carbonyl (C=O) groups is 1. The minimum absolute atomic E-state index is 0.170. The Hall–Kier alpha value is -0.910. The minimum atomic E-state index is -0.837. The quantitative estimate of drug-likeness (QED) is 0.796. The van der Waals surface area contributed by atoms with Gasteiger partial charge in [-0.05, 0) is 18.2 Å². The second-order valence-electron chi connectivity index (χ2n) is 3.86. The summed E-state index contributed by atoms with van der Waals surface area (Å²) in [5, 5.41) is 18.7. The van der Waals surface area contributed by atoms with E-state index in [0.717, 1.165) is 4.47 Å². The lowest BCUT2D eigenvalue weighted by atomic mass is 10.2. The molecule has 0 radical (unpaired) electrons. The maximum atomic E-state index is 12.0. The fraction of sp³-hybridized carbons (Fsp3) is 0.364. The lowest BCUT2D eigenvalue weighted by molar-refractivity contribution is 0.0572. The minimum Gasteiger partial charge on any atom is -0.388 e. The first-order chi connectivity index (χ1) is 7.58. The number of likely N-dealkylation sites (tertiary alicyclic amines) is 1. The maximum Gasteiger partial charge on any atom is 0.254 e. The van der Waals surface area contributed by atoms with Crippen molar-refractivity contribution in [3.05, 3.63) is 34.3 Å². The molecule has 2 unspecified atom stereocenters. The number of hydrogen-bond acceptors (Lipinski definition) is 3. The summed E-state index contributed by atoms with van der Waals surface area (Å²) in [5.41, 5.74) is 0.552. The third-order valence-electron chi connectivity index (χ3n) is 2.62. The van der Waals surface area contributed by atoms with Crippen LogP contribution in [0.3, 0.4) is 0 Å². The van der Waals surface area contributed by atoms with E-state index in [1.165, 1.54) is 4.90 Å². The van der Waals surface area contributed by atoms with E-state index in [-0.39, 0.29) is 19.0 Å². The SMILES string of the molecule is O=C(c1cccc(Br)c1)N1CC(O)C(O)C1. The number of nitrogens with zero attached hydrogens (tertiary/aromatic N) is 1. The summed E-state index contributed by atoms with van der Waals surface area (Å²) in [4.78, 5) is 13.4. The van der Waals surface area contributed by atoms with E-state index in [2.05, 4.69) is 15.9 Å². The molecule has 16 heavy (non-hydrogen) atoms. The Morgan fingerprint density at radius 2 is 1.94 bits per heavy atom. The number of aliphatic hydroxyl groups is 2. The van der Waals surface area contributed by atoms with Crippen LogP contribution in [0.25, 0.3) is 0 Å². The molecule has 1 aliphatic heterocycles. The number of β-amino-alcohol motifs (C(OH)–C–C–N with tert-alkyl or cyclic N) is 2. The normalized spacial score (nSPS) is 24.8. The zero-order valence-electron chi connectivity index (χ0n) is 8.51. The van der Waals surface area contributed by atoms with Crippen molar-refractivity contribution in [2.24, 2.45) is 0 Å². The summed E-state index contributed by atoms with van der Waals surface area (Å²) in [7, 11) is 0. The van der Waals surface area contributed by atoms with Crippen LogP contribution in [0.4, 0.5) is 0 Å². The van der Waals surface area contributed by atoms with Gasteiger partial charge in [-0.3, -0.25) is 4.79 Å². The van der Waals surface area contributed by atoms with Crippen LogP contribution in [0, 0.1) is 0 Å². The summed E-state index contributed by atoms with van der Waals surface area (Å²) in [6, 6.07) is 7.05. The first-order valence-electron chi connectivity index (χ1n) is 4.99. The zero-order valence-corrected chi connectivity index (χ0v) is 10.1. The lowest BCUT2D eigenvalue weighted by Crippen LogP contribution is -2.29. The van der Waals surface area contributed by atoms with Crippen molar-refractivity contribution >= 4 is 21.8 Å². The number of rotatable bonds is 1. The van der Waals surface area contributed by atoms with Crippen molar-refractivity contribution < 1.29 is 15.0 Å². The molecule has 0 spiro atoms. The maximum absolute atomic E-state index is 12.0. The van der Waals surface area contributed by atoms with E-state index in [4.69, 9.17) is 0 Å². The summed E-state index contributed by atoms with van der Waals surface area (Å²) >= 11 is 3.29. The molecule has 0 bridgehead atoms. The Morgan fingerprint density at radius 3 is 2.50 bits per heavy atom. The molecule has 1 aromatic rings. The highest BCUT2D eigenvalue weighted by molar-refractivity contribution is 9.10. The van der Waals surface area contributed by atoms with Gasteiger partial charge in [-0.2, -0.15) is 0 Å². The average Bonchev–Trinajstić information content (AvgIpc) is 2.58. The molecule has 2 atom stereocenters. The fourth-order valence-corrected chi connectivity index (χ4v) is 2.14. The number of aliphatic hydroxyl groups excluding tert-OH is 2. The van der Waals surface area contributed by atoms with Crippen LogP contribution < -0.4 is 0 Å². The van der Waals surface area contributed by atoms with E-state index in [1.54, 1.807) is 18.2 Å².